The molecule has 0 bridgehead atoms. The molecule has 1 amide bonds. The lowest BCUT2D eigenvalue weighted by molar-refractivity contribution is 0.102. The van der Waals surface area contributed by atoms with Crippen molar-refractivity contribution in [1.29, 1.82) is 0 Å². The number of aromatic nitrogens is 1. The maximum atomic E-state index is 12.3. The molecule has 1 aromatic carbocycles. The van der Waals surface area contributed by atoms with Crippen molar-refractivity contribution in [1.82, 2.24) is 4.98 Å². The summed E-state index contributed by atoms with van der Waals surface area (Å²) in [5, 5.41) is 6.46. The summed E-state index contributed by atoms with van der Waals surface area (Å²) in [5.41, 5.74) is 3.05. The second-order valence-corrected chi connectivity index (χ2v) is 4.76. The van der Waals surface area contributed by atoms with Crippen molar-refractivity contribution in [3.63, 3.8) is 0 Å². The van der Waals surface area contributed by atoms with Crippen LogP contribution in [0.4, 0.5) is 11.4 Å². The largest absolute Gasteiger partial charge is 0.387 e. The van der Waals surface area contributed by atoms with Crippen LogP contribution in [0.25, 0.3) is 0 Å². The second-order valence-electron chi connectivity index (χ2n) is 4.32. The number of benzene rings is 1. The Morgan fingerprint density at radius 1 is 1.25 bits per heavy atom. The van der Waals surface area contributed by atoms with E-state index in [4.69, 9.17) is 11.6 Å². The summed E-state index contributed by atoms with van der Waals surface area (Å²) in [6, 6.07) is 7.11. The Morgan fingerprint density at radius 2 is 2.00 bits per heavy atom. The van der Waals surface area contributed by atoms with Crippen molar-refractivity contribution >= 4 is 28.9 Å². The molecule has 1 heterocycles. The number of rotatable bonds is 4. The van der Waals surface area contributed by atoms with Crippen molar-refractivity contribution in [2.24, 2.45) is 0 Å². The van der Waals surface area contributed by atoms with E-state index in [1.54, 1.807) is 31.6 Å². The third-order valence-electron chi connectivity index (χ3n) is 2.98. The fraction of sp³-hybridized carbons (Fsp3) is 0.200. The summed E-state index contributed by atoms with van der Waals surface area (Å²) < 4.78 is 0. The van der Waals surface area contributed by atoms with Gasteiger partial charge in [0.1, 0.15) is 0 Å². The maximum absolute atomic E-state index is 12.3. The molecule has 4 nitrogen and oxygen atoms in total. The van der Waals surface area contributed by atoms with Gasteiger partial charge in [-0.2, -0.15) is 0 Å². The number of nitrogens with one attached hydrogen (secondary N) is 2. The van der Waals surface area contributed by atoms with Crippen molar-refractivity contribution in [3.05, 3.63) is 52.8 Å². The van der Waals surface area contributed by atoms with E-state index in [-0.39, 0.29) is 5.91 Å². The molecular weight excluding hydrogens is 274 g/mol. The van der Waals surface area contributed by atoms with Crippen molar-refractivity contribution in [3.8, 4) is 0 Å². The van der Waals surface area contributed by atoms with E-state index in [0.29, 0.717) is 16.3 Å². The molecule has 0 spiro atoms. The van der Waals surface area contributed by atoms with Gasteiger partial charge in [0.15, 0.2) is 0 Å². The average molecular weight is 290 g/mol. The Morgan fingerprint density at radius 3 is 2.70 bits per heavy atom. The van der Waals surface area contributed by atoms with Gasteiger partial charge in [-0.05, 0) is 36.2 Å². The molecule has 0 aliphatic rings. The minimum atomic E-state index is -0.159. The van der Waals surface area contributed by atoms with Crippen LogP contribution < -0.4 is 10.6 Å². The highest BCUT2D eigenvalue weighted by atomic mass is 35.5. The van der Waals surface area contributed by atoms with Crippen LogP contribution in [0.2, 0.25) is 5.02 Å². The molecule has 1 aromatic heterocycles. The van der Waals surface area contributed by atoms with Gasteiger partial charge in [0.2, 0.25) is 0 Å². The molecule has 5 heteroatoms. The summed E-state index contributed by atoms with van der Waals surface area (Å²) >= 11 is 5.95. The van der Waals surface area contributed by atoms with E-state index in [9.17, 15) is 4.79 Å². The van der Waals surface area contributed by atoms with Crippen molar-refractivity contribution < 1.29 is 4.79 Å². The van der Waals surface area contributed by atoms with Gasteiger partial charge in [-0.15, -0.1) is 0 Å². The van der Waals surface area contributed by atoms with Crippen LogP contribution in [-0.2, 0) is 6.42 Å². The molecule has 0 saturated heterocycles. The fourth-order valence-electron chi connectivity index (χ4n) is 1.92. The molecule has 0 radical (unpaired) electrons. The Balaban J connectivity index is 2.23. The minimum Gasteiger partial charge on any atom is -0.387 e. The van der Waals surface area contributed by atoms with Gasteiger partial charge in [-0.25, -0.2) is 0 Å². The first-order valence-corrected chi connectivity index (χ1v) is 6.74. The number of pyridine rings is 1. The van der Waals surface area contributed by atoms with E-state index in [0.717, 1.165) is 17.7 Å². The standard InChI is InChI=1S/C15H16ClN3O/c1-3-10-6-11(16)4-5-14(10)15(20)19-13-7-12(17-2)8-18-9-13/h4-9,17H,3H2,1-2H3,(H,19,20). The maximum Gasteiger partial charge on any atom is 0.255 e. The number of aryl methyl sites for hydroxylation is 1. The smallest absolute Gasteiger partial charge is 0.255 e. The molecule has 2 rings (SSSR count). The van der Waals surface area contributed by atoms with Crippen LogP contribution in [0, 0.1) is 0 Å². The second kappa shape index (κ2) is 6.39. The highest BCUT2D eigenvalue weighted by Crippen LogP contribution is 2.19. The molecule has 0 aliphatic heterocycles. The van der Waals surface area contributed by atoms with Crippen molar-refractivity contribution in [2.45, 2.75) is 13.3 Å². The summed E-state index contributed by atoms with van der Waals surface area (Å²) in [5.74, 6) is -0.159. The number of halogens is 1. The van der Waals surface area contributed by atoms with Gasteiger partial charge in [0.05, 0.1) is 23.8 Å². The predicted molar refractivity (Wildman–Crippen MR) is 82.6 cm³/mol. The van der Waals surface area contributed by atoms with Crippen LogP contribution >= 0.6 is 11.6 Å². The Kier molecular flexibility index (Phi) is 4.58. The highest BCUT2D eigenvalue weighted by molar-refractivity contribution is 6.30. The van der Waals surface area contributed by atoms with E-state index >= 15 is 0 Å². The molecule has 2 aromatic rings. The summed E-state index contributed by atoms with van der Waals surface area (Å²) in [7, 11) is 1.80. The zero-order valence-electron chi connectivity index (χ0n) is 11.4. The van der Waals surface area contributed by atoms with E-state index in [1.807, 2.05) is 19.1 Å². The molecule has 0 atom stereocenters. The van der Waals surface area contributed by atoms with E-state index in [1.165, 1.54) is 0 Å². The Bertz CT molecular complexity index is 628. The number of hydrogen-bond acceptors (Lipinski definition) is 3. The van der Waals surface area contributed by atoms with Crippen LogP contribution in [0.1, 0.15) is 22.8 Å². The van der Waals surface area contributed by atoms with Gasteiger partial charge < -0.3 is 10.6 Å². The van der Waals surface area contributed by atoms with Crippen LogP contribution in [0.3, 0.4) is 0 Å². The first-order valence-electron chi connectivity index (χ1n) is 6.36. The molecule has 2 N–H and O–H groups in total. The molecule has 20 heavy (non-hydrogen) atoms. The fourth-order valence-corrected chi connectivity index (χ4v) is 2.11. The first-order chi connectivity index (χ1) is 9.63. The number of carbonyl (C=O) groups is 1. The summed E-state index contributed by atoms with van der Waals surface area (Å²) in [4.78, 5) is 16.4. The normalized spacial score (nSPS) is 10.2. The van der Waals surface area contributed by atoms with E-state index < -0.39 is 0 Å². The first kappa shape index (κ1) is 14.3. The van der Waals surface area contributed by atoms with Gasteiger partial charge in [0.25, 0.3) is 5.91 Å². The topological polar surface area (TPSA) is 54.0 Å². The third-order valence-corrected chi connectivity index (χ3v) is 3.21. The predicted octanol–water partition coefficient (Wildman–Crippen LogP) is 3.59. The van der Waals surface area contributed by atoms with Gasteiger partial charge in [-0.3, -0.25) is 9.78 Å². The molecular formula is C15H16ClN3O. The van der Waals surface area contributed by atoms with Crippen LogP contribution in [0.5, 0.6) is 0 Å². The third kappa shape index (κ3) is 3.27. The Hall–Kier alpha value is -2.07. The average Bonchev–Trinajstić information content (AvgIpc) is 2.47. The Labute approximate surface area is 123 Å². The number of anilines is 2. The monoisotopic (exact) mass is 289 g/mol. The number of nitrogens with zero attached hydrogens (tertiary/aromatic N) is 1. The van der Waals surface area contributed by atoms with Gasteiger partial charge in [-0.1, -0.05) is 18.5 Å². The molecule has 0 unspecified atom stereocenters. The van der Waals surface area contributed by atoms with Crippen LogP contribution in [0.15, 0.2) is 36.7 Å². The molecule has 0 aliphatic carbocycles. The zero-order valence-corrected chi connectivity index (χ0v) is 12.2. The zero-order chi connectivity index (χ0) is 14.5. The van der Waals surface area contributed by atoms with E-state index in [2.05, 4.69) is 15.6 Å². The lowest BCUT2D eigenvalue weighted by Gasteiger charge is -2.10. The summed E-state index contributed by atoms with van der Waals surface area (Å²) in [6.07, 6.45) is 4.05. The molecule has 0 saturated carbocycles. The molecule has 104 valence electrons. The lowest BCUT2D eigenvalue weighted by atomic mass is 10.0. The highest BCUT2D eigenvalue weighted by Gasteiger charge is 2.11. The summed E-state index contributed by atoms with van der Waals surface area (Å²) in [6.45, 7) is 1.99. The lowest BCUT2D eigenvalue weighted by Crippen LogP contribution is -2.14. The quantitative estimate of drug-likeness (QED) is 0.904. The van der Waals surface area contributed by atoms with Crippen molar-refractivity contribution in [2.75, 3.05) is 17.7 Å². The molecule has 0 fully saturated rings. The van der Waals surface area contributed by atoms with Crippen LogP contribution in [-0.4, -0.2) is 17.9 Å². The van der Waals surface area contributed by atoms with Gasteiger partial charge >= 0.3 is 0 Å². The number of amides is 1. The number of carbonyl (C=O) groups excluding carboxylic acids is 1. The minimum absolute atomic E-state index is 0.159. The number of hydrogen-bond donors (Lipinski definition) is 2. The SMILES string of the molecule is CCc1cc(Cl)ccc1C(=O)Nc1cncc(NC)c1. The van der Waals surface area contributed by atoms with Gasteiger partial charge in [0, 0.05) is 17.6 Å².